The van der Waals surface area contributed by atoms with Crippen molar-refractivity contribution in [3.63, 3.8) is 0 Å². The van der Waals surface area contributed by atoms with Crippen molar-refractivity contribution in [2.75, 3.05) is 18.2 Å². The normalized spacial score (nSPS) is 13.1. The highest BCUT2D eigenvalue weighted by Gasteiger charge is 2.20. The van der Waals surface area contributed by atoms with E-state index >= 15 is 0 Å². The minimum Gasteiger partial charge on any atom is -0.291 e. The molecular weight excluding hydrogens is 416 g/mol. The molecule has 1 amide bonds. The first-order valence-electron chi connectivity index (χ1n) is 8.58. The van der Waals surface area contributed by atoms with Crippen LogP contribution in [-0.4, -0.2) is 28.4 Å². The molecule has 1 atom stereocenters. The van der Waals surface area contributed by atoms with Gasteiger partial charge in [0, 0.05) is 18.9 Å². The molecule has 0 bridgehead atoms. The fourth-order valence-electron chi connectivity index (χ4n) is 2.79. The van der Waals surface area contributed by atoms with Gasteiger partial charge >= 0.3 is 0 Å². The maximum absolute atomic E-state index is 13.9. The Labute approximate surface area is 172 Å². The first-order valence-corrected chi connectivity index (χ1v) is 11.4. The third-order valence-electron chi connectivity index (χ3n) is 4.31. The molecule has 29 heavy (non-hydrogen) atoms. The van der Waals surface area contributed by atoms with Crippen LogP contribution in [0.15, 0.2) is 46.7 Å². The van der Waals surface area contributed by atoms with Crippen LogP contribution in [0.4, 0.5) is 13.9 Å². The molecule has 0 saturated heterocycles. The molecule has 0 radical (unpaired) electrons. The number of hydrogen-bond donors (Lipinski definition) is 1. The first kappa shape index (κ1) is 21.1. The molecule has 2 aromatic carbocycles. The number of amides is 1. The highest BCUT2D eigenvalue weighted by molar-refractivity contribution is 7.93. The molecule has 9 heteroatoms. The van der Waals surface area contributed by atoms with Crippen LogP contribution in [0.25, 0.3) is 11.1 Å². The maximum Gasteiger partial charge on any atom is 0.232 e. The topological polar surface area (TPSA) is 74.1 Å². The summed E-state index contributed by atoms with van der Waals surface area (Å²) in [5.41, 5.74) is 1.86. The van der Waals surface area contributed by atoms with Gasteiger partial charge in [-0.15, -0.1) is 0 Å². The number of hydrogen-bond acceptors (Lipinski definition) is 5. The molecule has 0 aliphatic heterocycles. The number of nitrogens with one attached hydrogen (secondary N) is 1. The summed E-state index contributed by atoms with van der Waals surface area (Å²) in [6.07, 6.45) is 1.40. The van der Waals surface area contributed by atoms with E-state index in [9.17, 15) is 17.8 Å². The van der Waals surface area contributed by atoms with Crippen molar-refractivity contribution in [2.45, 2.75) is 17.6 Å². The van der Waals surface area contributed by atoms with Crippen LogP contribution in [-0.2, 0) is 20.9 Å². The summed E-state index contributed by atoms with van der Waals surface area (Å²) in [6.45, 7) is 1.66. The van der Waals surface area contributed by atoms with E-state index in [-0.39, 0.29) is 17.9 Å². The second-order valence-corrected chi connectivity index (χ2v) is 10.00. The number of anilines is 1. The van der Waals surface area contributed by atoms with Gasteiger partial charge in [-0.1, -0.05) is 35.6 Å². The van der Waals surface area contributed by atoms with Gasteiger partial charge in [-0.25, -0.2) is 22.8 Å². The van der Waals surface area contributed by atoms with E-state index in [4.69, 9.17) is 4.78 Å². The third kappa shape index (κ3) is 4.68. The van der Waals surface area contributed by atoms with Crippen molar-refractivity contribution >= 4 is 32.1 Å². The zero-order valence-electron chi connectivity index (χ0n) is 16.0. The predicted molar refractivity (Wildman–Crippen MR) is 111 cm³/mol. The average molecular weight is 436 g/mol. The van der Waals surface area contributed by atoms with Crippen molar-refractivity contribution in [3.8, 4) is 11.1 Å². The lowest BCUT2D eigenvalue weighted by atomic mass is 10.0. The van der Waals surface area contributed by atoms with Crippen molar-refractivity contribution in [3.05, 3.63) is 65.4 Å². The smallest absolute Gasteiger partial charge is 0.232 e. The van der Waals surface area contributed by atoms with Gasteiger partial charge in [-0.3, -0.25) is 9.69 Å². The highest BCUT2D eigenvalue weighted by Crippen LogP contribution is 2.30. The van der Waals surface area contributed by atoms with Crippen molar-refractivity contribution in [2.24, 2.45) is 0 Å². The monoisotopic (exact) mass is 435 g/mol. The highest BCUT2D eigenvalue weighted by atomic mass is 32.2. The minimum absolute atomic E-state index is 0.0821. The molecule has 0 spiro atoms. The van der Waals surface area contributed by atoms with Gasteiger partial charge in [0.1, 0.15) is 15.8 Å². The largest absolute Gasteiger partial charge is 0.291 e. The van der Waals surface area contributed by atoms with E-state index in [1.54, 1.807) is 38.2 Å². The molecule has 5 nitrogen and oxygen atoms in total. The summed E-state index contributed by atoms with van der Waals surface area (Å²) in [6, 6.07) is 9.91. The minimum atomic E-state index is -2.91. The van der Waals surface area contributed by atoms with Gasteiger partial charge in [0.05, 0.1) is 21.8 Å². The Hall–Kier alpha value is -2.65. The number of halogens is 2. The van der Waals surface area contributed by atoms with Crippen LogP contribution in [0.2, 0.25) is 0 Å². The number of benzene rings is 2. The maximum atomic E-state index is 13.9. The number of carbonyl (C=O) groups excluding carboxylic acids is 1. The molecule has 1 aromatic heterocycles. The molecule has 1 heterocycles. The molecule has 3 rings (SSSR count). The average Bonchev–Trinajstić information content (AvgIpc) is 3.06. The Balaban J connectivity index is 1.76. The molecule has 0 saturated carbocycles. The molecule has 152 valence electrons. The Morgan fingerprint density at radius 3 is 2.45 bits per heavy atom. The number of rotatable bonds is 5. The van der Waals surface area contributed by atoms with Crippen LogP contribution in [0.3, 0.4) is 0 Å². The number of aryl methyl sites for hydroxylation is 1. The Kier molecular flexibility index (Phi) is 5.81. The summed E-state index contributed by atoms with van der Waals surface area (Å²) < 4.78 is 47.4. The fourth-order valence-corrected chi connectivity index (χ4v) is 5.04. The zero-order chi connectivity index (χ0) is 21.3. The van der Waals surface area contributed by atoms with E-state index in [0.717, 1.165) is 29.5 Å². The van der Waals surface area contributed by atoms with E-state index < -0.39 is 21.4 Å². The summed E-state index contributed by atoms with van der Waals surface area (Å²) in [7, 11) is -1.34. The van der Waals surface area contributed by atoms with Crippen LogP contribution in [0.5, 0.6) is 0 Å². The van der Waals surface area contributed by atoms with Crippen LogP contribution >= 0.6 is 11.3 Å². The lowest BCUT2D eigenvalue weighted by Crippen LogP contribution is -2.27. The molecule has 3 aromatic rings. The van der Waals surface area contributed by atoms with Crippen LogP contribution < -0.4 is 4.90 Å². The second kappa shape index (κ2) is 8.00. The van der Waals surface area contributed by atoms with Crippen molar-refractivity contribution < 1.29 is 17.8 Å². The third-order valence-corrected chi connectivity index (χ3v) is 7.54. The number of aromatic nitrogens is 1. The van der Waals surface area contributed by atoms with Gasteiger partial charge in [0.15, 0.2) is 5.13 Å². The van der Waals surface area contributed by atoms with Crippen molar-refractivity contribution in [1.29, 1.82) is 4.78 Å². The lowest BCUT2D eigenvalue weighted by molar-refractivity contribution is -0.117. The molecule has 1 N–H and O–H groups in total. The van der Waals surface area contributed by atoms with Gasteiger partial charge in [0.25, 0.3) is 0 Å². The van der Waals surface area contributed by atoms with Gasteiger partial charge < -0.3 is 0 Å². The van der Waals surface area contributed by atoms with E-state index in [1.165, 1.54) is 11.2 Å². The molecule has 0 aliphatic rings. The molecular formula is C20H19F2N3O2S2. The van der Waals surface area contributed by atoms with Crippen molar-refractivity contribution in [1.82, 2.24) is 4.98 Å². The van der Waals surface area contributed by atoms with Crippen LogP contribution in [0, 0.1) is 23.3 Å². The number of likely N-dealkylation sites (N-methyl/N-ethyl adjacent to an activating group) is 1. The van der Waals surface area contributed by atoms with Crippen LogP contribution in [0.1, 0.15) is 11.3 Å². The van der Waals surface area contributed by atoms with E-state index in [1.807, 2.05) is 0 Å². The second-order valence-electron chi connectivity index (χ2n) is 6.66. The number of carbonyl (C=O) groups is 1. The zero-order valence-corrected chi connectivity index (χ0v) is 17.7. The summed E-state index contributed by atoms with van der Waals surface area (Å²) in [5, 5.41) is 0.378. The summed E-state index contributed by atoms with van der Waals surface area (Å²) in [5.74, 6) is -1.28. The van der Waals surface area contributed by atoms with Gasteiger partial charge in [-0.05, 0) is 36.2 Å². The lowest BCUT2D eigenvalue weighted by Gasteiger charge is -2.14. The quantitative estimate of drug-likeness (QED) is 0.635. The van der Waals surface area contributed by atoms with E-state index in [0.29, 0.717) is 26.2 Å². The number of thiazole rings is 1. The fraction of sp³-hybridized carbons (Fsp3) is 0.200. The SMILES string of the molecule is Cc1nc(N(C)C(=O)Cc2ccc(-c3cc(F)ccc3F)cc2)sc1S(C)(=N)=O. The summed E-state index contributed by atoms with van der Waals surface area (Å²) >= 11 is 1.07. The van der Waals surface area contributed by atoms with Gasteiger partial charge in [-0.2, -0.15) is 0 Å². The Morgan fingerprint density at radius 1 is 1.21 bits per heavy atom. The standard InChI is InChI=1S/C20H19F2N3O2S2/c1-12-19(29(3,23)27)28-20(24-12)25(2)18(26)10-13-4-6-14(7-5-13)16-11-15(21)8-9-17(16)22/h4-9,11,23H,10H2,1-3H3. The van der Waals surface area contributed by atoms with Gasteiger partial charge in [0.2, 0.25) is 5.91 Å². The summed E-state index contributed by atoms with van der Waals surface area (Å²) in [4.78, 5) is 18.2. The Bertz CT molecular complexity index is 1170. The predicted octanol–water partition coefficient (Wildman–Crippen LogP) is 4.64. The molecule has 0 aliphatic carbocycles. The molecule has 0 fully saturated rings. The Morgan fingerprint density at radius 2 is 1.86 bits per heavy atom. The number of nitrogens with zero attached hydrogens (tertiary/aromatic N) is 2. The first-order chi connectivity index (χ1) is 13.6. The van der Waals surface area contributed by atoms with E-state index in [2.05, 4.69) is 4.98 Å². The molecule has 1 unspecified atom stereocenters.